The maximum absolute atomic E-state index is 12.8. The lowest BCUT2D eigenvalue weighted by Crippen LogP contribution is -2.26. The molecule has 0 radical (unpaired) electrons. The minimum absolute atomic E-state index is 0.0667. The summed E-state index contributed by atoms with van der Waals surface area (Å²) >= 11 is 2.93. The highest BCUT2D eigenvalue weighted by Crippen LogP contribution is 2.42. The van der Waals surface area contributed by atoms with Crippen LogP contribution in [0.3, 0.4) is 0 Å². The number of amides is 1. The van der Waals surface area contributed by atoms with Crippen molar-refractivity contribution in [3.63, 3.8) is 0 Å². The van der Waals surface area contributed by atoms with Crippen molar-refractivity contribution in [2.75, 3.05) is 6.54 Å². The van der Waals surface area contributed by atoms with Crippen LogP contribution in [0.25, 0.3) is 0 Å². The van der Waals surface area contributed by atoms with Crippen LogP contribution in [-0.2, 0) is 12.7 Å². The van der Waals surface area contributed by atoms with Crippen LogP contribution >= 0.6 is 15.9 Å². The van der Waals surface area contributed by atoms with Crippen molar-refractivity contribution < 1.29 is 22.9 Å². The zero-order chi connectivity index (χ0) is 19.8. The number of halogens is 4. The Morgan fingerprint density at radius 3 is 2.74 bits per heavy atom. The molecule has 2 aromatic heterocycles. The molecule has 2 aromatic rings. The SMILES string of the molecule is O=C(NCCCn1nc(C(F)(F)F)cc1C1CC1)c1n[nH]c([N+](=O)[O-])c1Br. The summed E-state index contributed by atoms with van der Waals surface area (Å²) in [5, 5.41) is 22.6. The first-order chi connectivity index (χ1) is 12.7. The molecule has 9 nitrogen and oxygen atoms in total. The third-order valence-corrected chi connectivity index (χ3v) is 4.77. The van der Waals surface area contributed by atoms with Crippen LogP contribution in [0.2, 0.25) is 0 Å². The predicted molar refractivity (Wildman–Crippen MR) is 89.1 cm³/mol. The molecule has 27 heavy (non-hydrogen) atoms. The molecular weight excluding hydrogens is 437 g/mol. The van der Waals surface area contributed by atoms with Crippen molar-refractivity contribution in [1.82, 2.24) is 25.3 Å². The van der Waals surface area contributed by atoms with Gasteiger partial charge >= 0.3 is 12.0 Å². The summed E-state index contributed by atoms with van der Waals surface area (Å²) in [6.07, 6.45) is -2.48. The molecule has 1 fully saturated rings. The van der Waals surface area contributed by atoms with Crippen LogP contribution in [0.5, 0.6) is 0 Å². The van der Waals surface area contributed by atoms with Gasteiger partial charge in [0.2, 0.25) is 0 Å². The van der Waals surface area contributed by atoms with Crippen molar-refractivity contribution in [1.29, 1.82) is 0 Å². The molecule has 13 heteroatoms. The Labute approximate surface area is 158 Å². The number of nitrogens with zero attached hydrogens (tertiary/aromatic N) is 4. The second-order valence-electron chi connectivity index (χ2n) is 6.05. The number of carbonyl (C=O) groups is 1. The Kier molecular flexibility index (Phi) is 5.22. The molecule has 1 saturated carbocycles. The molecular formula is C14H14BrF3N6O3. The molecule has 0 aliphatic heterocycles. The Balaban J connectivity index is 1.57. The standard InChI is InChI=1S/C14H14BrF3N6O3/c15-10-11(20-21-12(10)24(26)27)13(25)19-4-1-5-23-8(7-2-3-7)6-9(22-23)14(16,17)18/h6-7H,1-5H2,(H,19,25)(H,20,21). The molecule has 1 aliphatic carbocycles. The topological polar surface area (TPSA) is 119 Å². The predicted octanol–water partition coefficient (Wildman–Crippen LogP) is 2.99. The summed E-state index contributed by atoms with van der Waals surface area (Å²) in [6, 6.07) is 1.08. The largest absolute Gasteiger partial charge is 0.435 e. The normalized spacial score (nSPS) is 14.4. The van der Waals surface area contributed by atoms with Crippen molar-refractivity contribution >= 4 is 27.7 Å². The molecule has 2 N–H and O–H groups in total. The van der Waals surface area contributed by atoms with Gasteiger partial charge in [0.05, 0.1) is 0 Å². The van der Waals surface area contributed by atoms with Gasteiger partial charge in [-0.2, -0.15) is 18.3 Å². The number of H-pyrrole nitrogens is 1. The Morgan fingerprint density at radius 2 is 2.19 bits per heavy atom. The molecule has 0 unspecified atom stereocenters. The summed E-state index contributed by atoms with van der Waals surface area (Å²) < 4.78 is 39.8. The number of aryl methyl sites for hydroxylation is 1. The molecule has 0 bridgehead atoms. The molecule has 2 heterocycles. The van der Waals surface area contributed by atoms with E-state index in [0.717, 1.165) is 18.9 Å². The fraction of sp³-hybridized carbons (Fsp3) is 0.500. The lowest BCUT2D eigenvalue weighted by molar-refractivity contribution is -0.390. The van der Waals surface area contributed by atoms with Crippen LogP contribution < -0.4 is 5.32 Å². The Hall–Kier alpha value is -2.44. The number of hydrogen-bond acceptors (Lipinski definition) is 5. The quantitative estimate of drug-likeness (QED) is 0.381. The second-order valence-corrected chi connectivity index (χ2v) is 6.84. The van der Waals surface area contributed by atoms with Gasteiger partial charge in [-0.25, -0.2) is 0 Å². The fourth-order valence-corrected chi connectivity index (χ4v) is 3.06. The van der Waals surface area contributed by atoms with Crippen LogP contribution in [0.1, 0.15) is 47.1 Å². The molecule has 1 aliphatic rings. The number of nitro groups is 1. The van der Waals surface area contributed by atoms with Gasteiger partial charge in [0.15, 0.2) is 11.4 Å². The maximum atomic E-state index is 12.8. The highest BCUT2D eigenvalue weighted by atomic mass is 79.9. The van der Waals surface area contributed by atoms with Crippen LogP contribution in [0, 0.1) is 10.1 Å². The number of rotatable bonds is 7. The number of nitrogens with one attached hydrogen (secondary N) is 2. The van der Waals surface area contributed by atoms with Crippen LogP contribution in [0.4, 0.5) is 19.0 Å². The van der Waals surface area contributed by atoms with Gasteiger partial charge in [-0.05, 0) is 46.2 Å². The summed E-state index contributed by atoms with van der Waals surface area (Å²) in [7, 11) is 0. The lowest BCUT2D eigenvalue weighted by atomic mass is 10.2. The van der Waals surface area contributed by atoms with Crippen LogP contribution in [0.15, 0.2) is 10.5 Å². The first-order valence-electron chi connectivity index (χ1n) is 8.00. The van der Waals surface area contributed by atoms with E-state index < -0.39 is 28.5 Å². The Bertz CT molecular complexity index is 874. The van der Waals surface area contributed by atoms with E-state index in [-0.39, 0.29) is 29.2 Å². The number of alkyl halides is 3. The highest BCUT2D eigenvalue weighted by molar-refractivity contribution is 9.10. The van der Waals surface area contributed by atoms with Crippen molar-refractivity contribution in [3.8, 4) is 0 Å². The summed E-state index contributed by atoms with van der Waals surface area (Å²) in [5.41, 5.74) is -0.528. The molecule has 0 aromatic carbocycles. The molecule has 146 valence electrons. The molecule has 1 amide bonds. The van der Waals surface area contributed by atoms with Gasteiger partial charge < -0.3 is 15.4 Å². The van der Waals surface area contributed by atoms with E-state index in [4.69, 9.17) is 0 Å². The number of aromatic nitrogens is 4. The Morgan fingerprint density at radius 1 is 1.48 bits per heavy atom. The average molecular weight is 451 g/mol. The first kappa shape index (κ1) is 19.3. The average Bonchev–Trinajstić information content (AvgIpc) is 3.20. The lowest BCUT2D eigenvalue weighted by Gasteiger charge is -2.07. The first-order valence-corrected chi connectivity index (χ1v) is 8.79. The number of aromatic amines is 1. The minimum Gasteiger partial charge on any atom is -0.358 e. The van der Waals surface area contributed by atoms with Gasteiger partial charge in [0.25, 0.3) is 5.91 Å². The van der Waals surface area contributed by atoms with E-state index in [1.54, 1.807) is 0 Å². The second kappa shape index (κ2) is 7.29. The van der Waals surface area contributed by atoms with Gasteiger partial charge in [0.1, 0.15) is 4.47 Å². The van der Waals surface area contributed by atoms with E-state index in [9.17, 15) is 28.1 Å². The third kappa shape index (κ3) is 4.28. The third-order valence-electron chi connectivity index (χ3n) is 4.02. The molecule has 0 atom stereocenters. The van der Waals surface area contributed by atoms with Gasteiger partial charge in [-0.15, -0.1) is 5.10 Å². The molecule has 0 spiro atoms. The molecule has 3 rings (SSSR count). The van der Waals surface area contributed by atoms with Crippen molar-refractivity contribution in [2.45, 2.75) is 37.9 Å². The van der Waals surface area contributed by atoms with E-state index >= 15 is 0 Å². The van der Waals surface area contributed by atoms with E-state index in [2.05, 4.69) is 36.5 Å². The summed E-state index contributed by atoms with van der Waals surface area (Å²) in [6.45, 7) is 0.362. The zero-order valence-electron chi connectivity index (χ0n) is 13.7. The monoisotopic (exact) mass is 450 g/mol. The maximum Gasteiger partial charge on any atom is 0.435 e. The number of carbonyl (C=O) groups excluding carboxylic acids is 1. The fourth-order valence-electron chi connectivity index (χ4n) is 2.56. The zero-order valence-corrected chi connectivity index (χ0v) is 15.3. The van der Waals surface area contributed by atoms with E-state index in [1.807, 2.05) is 0 Å². The minimum atomic E-state index is -4.50. The summed E-state index contributed by atoms with van der Waals surface area (Å²) in [5.74, 6) is -0.973. The highest BCUT2D eigenvalue weighted by Gasteiger charge is 2.37. The van der Waals surface area contributed by atoms with Gasteiger partial charge in [0, 0.05) is 24.7 Å². The van der Waals surface area contributed by atoms with Crippen molar-refractivity contribution in [2.24, 2.45) is 0 Å². The number of hydrogen-bond donors (Lipinski definition) is 2. The van der Waals surface area contributed by atoms with E-state index in [1.165, 1.54) is 4.68 Å². The van der Waals surface area contributed by atoms with Gasteiger partial charge in [-0.1, -0.05) is 5.10 Å². The smallest absolute Gasteiger partial charge is 0.358 e. The van der Waals surface area contributed by atoms with E-state index in [0.29, 0.717) is 12.1 Å². The van der Waals surface area contributed by atoms with Gasteiger partial charge in [-0.3, -0.25) is 9.48 Å². The molecule has 0 saturated heterocycles. The van der Waals surface area contributed by atoms with Crippen LogP contribution in [-0.4, -0.2) is 37.4 Å². The summed E-state index contributed by atoms with van der Waals surface area (Å²) in [4.78, 5) is 22.0. The van der Waals surface area contributed by atoms with Crippen molar-refractivity contribution in [3.05, 3.63) is 37.7 Å².